The number of ether oxygens (including phenoxy) is 1. The lowest BCUT2D eigenvalue weighted by Gasteiger charge is -2.47. The minimum Gasteiger partial charge on any atom is -0.495 e. The molecule has 4 saturated heterocycles. The number of hydrogen-bond donors (Lipinski definition) is 3. The summed E-state index contributed by atoms with van der Waals surface area (Å²) in [6.07, 6.45) is 6.40. The molecule has 4 N–H and O–H groups in total. The van der Waals surface area contributed by atoms with Crippen molar-refractivity contribution in [3.05, 3.63) is 81.4 Å². The summed E-state index contributed by atoms with van der Waals surface area (Å²) < 4.78 is 47.7. The third-order valence-corrected chi connectivity index (χ3v) is 15.9. The summed E-state index contributed by atoms with van der Waals surface area (Å²) in [6, 6.07) is 9.28. The Labute approximate surface area is 405 Å². The molecule has 2 aromatic heterocycles. The number of urea groups is 1. The first-order chi connectivity index (χ1) is 33.5. The summed E-state index contributed by atoms with van der Waals surface area (Å²) in [5.74, 6) is 1.14. The van der Waals surface area contributed by atoms with Crippen LogP contribution in [0.3, 0.4) is 0 Å². The number of methoxy groups -OCH3 is 1. The first kappa shape index (κ1) is 48.8. The fourth-order valence-corrected chi connectivity index (χ4v) is 11.6. The van der Waals surface area contributed by atoms with Crippen LogP contribution in [-0.2, 0) is 22.8 Å². The van der Waals surface area contributed by atoms with Gasteiger partial charge in [0.15, 0.2) is 0 Å². The number of benzene rings is 2. The maximum absolute atomic E-state index is 13.9. The van der Waals surface area contributed by atoms with E-state index in [9.17, 15) is 37.1 Å². The molecular formula is C51H63F3N10O6. The van der Waals surface area contributed by atoms with Crippen molar-refractivity contribution in [3.63, 3.8) is 0 Å². The molecule has 1 saturated carbocycles. The van der Waals surface area contributed by atoms with E-state index in [0.29, 0.717) is 89.9 Å². The van der Waals surface area contributed by atoms with Gasteiger partial charge < -0.3 is 30.5 Å². The lowest BCUT2D eigenvalue weighted by molar-refractivity contribution is -0.138. The van der Waals surface area contributed by atoms with Gasteiger partial charge in [-0.1, -0.05) is 0 Å². The number of nitrogens with zero attached hydrogens (tertiary/aromatic N) is 7. The van der Waals surface area contributed by atoms with Gasteiger partial charge in [0.25, 0.3) is 11.5 Å². The van der Waals surface area contributed by atoms with E-state index in [4.69, 9.17) is 10.5 Å². The molecule has 1 atom stereocenters. The number of rotatable bonds is 10. The van der Waals surface area contributed by atoms with E-state index in [0.717, 1.165) is 83.1 Å². The summed E-state index contributed by atoms with van der Waals surface area (Å²) in [7, 11) is 3.17. The lowest BCUT2D eigenvalue weighted by atomic mass is 9.65. The van der Waals surface area contributed by atoms with E-state index in [1.807, 2.05) is 9.80 Å². The number of aromatic nitrogens is 3. The quantitative estimate of drug-likeness (QED) is 0.138. The van der Waals surface area contributed by atoms with Crippen molar-refractivity contribution in [1.29, 1.82) is 0 Å². The Kier molecular flexibility index (Phi) is 13.8. The number of anilines is 3. The molecule has 0 unspecified atom stereocenters. The average Bonchev–Trinajstić information content (AvgIpc) is 3.35. The molecule has 0 radical (unpaired) electrons. The Bertz CT molecular complexity index is 2700. The van der Waals surface area contributed by atoms with Crippen molar-refractivity contribution in [3.8, 4) is 5.75 Å². The molecule has 374 valence electrons. The highest BCUT2D eigenvalue weighted by molar-refractivity contribution is 6.07. The standard InChI is InChI=1S/C51H63F3N10O6/c1-31(36-24-37(51(52,53)54)27-38(55)25-36)58-44-40-28-39(48(68)60(2)45(40)57-30-56-44)33-10-19-62(20-11-33)46(66)34-8-17-61(18-9-34)29-32-6-13-50(14-7-32)15-22-63(23-16-50)47(67)35-4-5-42(70-3)41(26-35)64-21-12-43(65)59-49(64)69/h4-5,24-28,30-34H,6-23,29,55H2,1-3H3,(H,56,57,58)(H,59,65,69)/t31-/m1/s1. The van der Waals surface area contributed by atoms with Crippen LogP contribution in [-0.4, -0.2) is 112 Å². The predicted molar refractivity (Wildman–Crippen MR) is 258 cm³/mol. The molecule has 1 aliphatic carbocycles. The highest BCUT2D eigenvalue weighted by Gasteiger charge is 2.41. The van der Waals surface area contributed by atoms with E-state index < -0.39 is 23.8 Å². The van der Waals surface area contributed by atoms with Crippen molar-refractivity contribution < 1.29 is 37.1 Å². The highest BCUT2D eigenvalue weighted by atomic mass is 19.4. The van der Waals surface area contributed by atoms with Crippen LogP contribution in [0.2, 0.25) is 0 Å². The van der Waals surface area contributed by atoms with Crippen LogP contribution in [0.5, 0.6) is 5.75 Å². The second-order valence-corrected chi connectivity index (χ2v) is 20.2. The normalized spacial score (nSPS) is 20.5. The molecule has 9 rings (SSSR count). The van der Waals surface area contributed by atoms with Gasteiger partial charge in [-0.2, -0.15) is 13.2 Å². The molecule has 70 heavy (non-hydrogen) atoms. The number of nitrogens with two attached hydrogens (primary N) is 1. The van der Waals surface area contributed by atoms with Crippen molar-refractivity contribution in [2.24, 2.45) is 24.3 Å². The molecule has 2 aromatic carbocycles. The number of aryl methyl sites for hydroxylation is 1. The van der Waals surface area contributed by atoms with Gasteiger partial charge in [0.1, 0.15) is 23.5 Å². The summed E-state index contributed by atoms with van der Waals surface area (Å²) in [5.41, 5.74) is 7.38. The van der Waals surface area contributed by atoms with Crippen LogP contribution in [0.15, 0.2) is 53.6 Å². The Morgan fingerprint density at radius 3 is 2.27 bits per heavy atom. The smallest absolute Gasteiger partial charge is 0.416 e. The summed E-state index contributed by atoms with van der Waals surface area (Å²) >= 11 is 0. The van der Waals surface area contributed by atoms with E-state index in [-0.39, 0.29) is 59.2 Å². The molecule has 5 aliphatic rings. The minimum atomic E-state index is -4.55. The second kappa shape index (κ2) is 19.9. The SMILES string of the molecule is COc1ccc(C(=O)N2CCC3(CCC(CN4CCC(C(=O)N5CCC(c6cc7c(N[C@H](C)c8cc(N)cc(C(F)(F)F)c8)ncnc7n(C)c6=O)CC5)CC4)CC3)CC2)cc1N1CCC(=O)NC1=O. The Morgan fingerprint density at radius 1 is 0.886 bits per heavy atom. The third kappa shape index (κ3) is 10.2. The fourth-order valence-electron chi connectivity index (χ4n) is 11.6. The van der Waals surface area contributed by atoms with Gasteiger partial charge in [0.2, 0.25) is 11.8 Å². The molecule has 1 spiro atoms. The zero-order valence-electron chi connectivity index (χ0n) is 40.2. The minimum absolute atomic E-state index is 0.0000990. The van der Waals surface area contributed by atoms with Gasteiger partial charge in [0, 0.05) is 75.5 Å². The molecule has 5 amide bonds. The monoisotopic (exact) mass is 968 g/mol. The lowest BCUT2D eigenvalue weighted by Crippen LogP contribution is -2.49. The highest BCUT2D eigenvalue weighted by Crippen LogP contribution is 2.47. The Balaban J connectivity index is 0.731. The molecule has 6 heterocycles. The van der Waals surface area contributed by atoms with Crippen molar-refractivity contribution in [2.75, 3.05) is 75.4 Å². The van der Waals surface area contributed by atoms with Gasteiger partial charge in [0.05, 0.1) is 29.8 Å². The number of imide groups is 1. The zero-order chi connectivity index (χ0) is 49.5. The summed E-state index contributed by atoms with van der Waals surface area (Å²) in [5, 5.41) is 6.15. The van der Waals surface area contributed by atoms with Gasteiger partial charge in [-0.15, -0.1) is 0 Å². The van der Waals surface area contributed by atoms with Gasteiger partial charge >= 0.3 is 12.2 Å². The van der Waals surface area contributed by atoms with E-state index in [1.165, 1.54) is 29.0 Å². The number of carbonyl (C=O) groups excluding carboxylic acids is 4. The van der Waals surface area contributed by atoms with E-state index >= 15 is 0 Å². The number of amides is 5. The van der Waals surface area contributed by atoms with Crippen LogP contribution in [0.25, 0.3) is 11.0 Å². The first-order valence-electron chi connectivity index (χ1n) is 24.7. The number of alkyl halides is 3. The number of hydrogen-bond acceptors (Lipinski definition) is 11. The van der Waals surface area contributed by atoms with Crippen LogP contribution >= 0.6 is 0 Å². The molecule has 4 aliphatic heterocycles. The van der Waals surface area contributed by atoms with Crippen molar-refractivity contribution in [1.82, 2.24) is 34.6 Å². The number of fused-ring (bicyclic) bond motifs is 1. The van der Waals surface area contributed by atoms with Crippen LogP contribution < -0.4 is 31.6 Å². The van der Waals surface area contributed by atoms with E-state index in [2.05, 4.69) is 25.5 Å². The number of carbonyl (C=O) groups is 4. The molecule has 19 heteroatoms. The number of likely N-dealkylation sites (tertiary alicyclic amines) is 3. The number of nitrogen functional groups attached to an aromatic ring is 1. The maximum atomic E-state index is 13.9. The van der Waals surface area contributed by atoms with E-state index in [1.54, 1.807) is 38.2 Å². The first-order valence-corrected chi connectivity index (χ1v) is 24.7. The van der Waals surface area contributed by atoms with Gasteiger partial charge in [-0.25, -0.2) is 14.8 Å². The van der Waals surface area contributed by atoms with Gasteiger partial charge in [-0.3, -0.25) is 34.0 Å². The van der Waals surface area contributed by atoms with Crippen molar-refractivity contribution in [2.45, 2.75) is 95.7 Å². The molecule has 0 bridgehead atoms. The van der Waals surface area contributed by atoms with Crippen LogP contribution in [0.4, 0.5) is 35.2 Å². The van der Waals surface area contributed by atoms with Crippen molar-refractivity contribution >= 4 is 52.0 Å². The zero-order valence-corrected chi connectivity index (χ0v) is 40.2. The molecular weight excluding hydrogens is 906 g/mol. The number of pyridine rings is 1. The van der Waals surface area contributed by atoms with Crippen LogP contribution in [0, 0.1) is 17.3 Å². The molecule has 5 fully saturated rings. The summed E-state index contributed by atoms with van der Waals surface area (Å²) in [6.45, 7) is 7.24. The number of nitrogens with one attached hydrogen (secondary N) is 2. The Morgan fingerprint density at radius 2 is 1.60 bits per heavy atom. The molecule has 16 nitrogen and oxygen atoms in total. The maximum Gasteiger partial charge on any atom is 0.416 e. The predicted octanol–water partition coefficient (Wildman–Crippen LogP) is 7.09. The van der Waals surface area contributed by atoms with Gasteiger partial charge in [-0.05, 0) is 150 Å². The average molecular weight is 969 g/mol. The molecule has 4 aromatic rings. The summed E-state index contributed by atoms with van der Waals surface area (Å²) in [4.78, 5) is 82.3. The Hall–Kier alpha value is -6.24. The fraction of sp³-hybridized carbons (Fsp3) is 0.549. The largest absolute Gasteiger partial charge is 0.495 e. The van der Waals surface area contributed by atoms with Crippen LogP contribution in [0.1, 0.15) is 117 Å². The third-order valence-electron chi connectivity index (χ3n) is 15.9. The number of halogens is 3. The number of piperidine rings is 3. The second-order valence-electron chi connectivity index (χ2n) is 20.2. The topological polar surface area (TPSA) is 188 Å².